The van der Waals surface area contributed by atoms with Gasteiger partial charge in [-0.1, -0.05) is 42.1 Å². The molecule has 0 saturated heterocycles. The number of imidazole rings is 1. The highest BCUT2D eigenvalue weighted by molar-refractivity contribution is 7.22. The molecule has 8 heteroatoms. The van der Waals surface area contributed by atoms with Crippen LogP contribution in [-0.4, -0.2) is 47.5 Å². The molecule has 0 spiro atoms. The van der Waals surface area contributed by atoms with E-state index >= 15 is 0 Å². The van der Waals surface area contributed by atoms with Gasteiger partial charge in [0.05, 0.1) is 35.2 Å². The first-order valence-corrected chi connectivity index (χ1v) is 12.1. The minimum Gasteiger partial charge on any atom is -0.391 e. The van der Waals surface area contributed by atoms with E-state index in [1.807, 2.05) is 16.7 Å². The molecule has 1 fully saturated rings. The van der Waals surface area contributed by atoms with E-state index < -0.39 is 5.60 Å². The number of hydrogen-bond acceptors (Lipinski definition) is 7. The second-order valence-corrected chi connectivity index (χ2v) is 10.2. The normalized spacial score (nSPS) is 18.9. The highest BCUT2D eigenvalue weighted by Gasteiger charge is 2.23. The fourth-order valence-electron chi connectivity index (χ4n) is 4.12. The molecule has 7 nitrogen and oxygen atoms in total. The lowest BCUT2D eigenvalue weighted by Crippen LogP contribution is -2.36. The van der Waals surface area contributed by atoms with Crippen LogP contribution in [0.3, 0.4) is 0 Å². The molecule has 4 aromatic rings. The van der Waals surface area contributed by atoms with E-state index in [-0.39, 0.29) is 12.1 Å². The predicted octanol–water partition coefficient (Wildman–Crippen LogP) is 3.93. The van der Waals surface area contributed by atoms with Crippen LogP contribution < -0.4 is 5.32 Å². The molecule has 0 radical (unpaired) electrons. The Kier molecular flexibility index (Phi) is 5.79. The van der Waals surface area contributed by atoms with Crippen molar-refractivity contribution in [2.24, 2.45) is 0 Å². The number of anilines is 1. The third-order valence-corrected chi connectivity index (χ3v) is 6.76. The van der Waals surface area contributed by atoms with Gasteiger partial charge < -0.3 is 20.1 Å². The van der Waals surface area contributed by atoms with Crippen molar-refractivity contribution in [1.29, 1.82) is 0 Å². The smallest absolute Gasteiger partial charge is 0.184 e. The van der Waals surface area contributed by atoms with E-state index in [4.69, 9.17) is 4.98 Å². The van der Waals surface area contributed by atoms with E-state index in [0.717, 1.165) is 63.3 Å². The van der Waals surface area contributed by atoms with E-state index in [0.29, 0.717) is 6.54 Å². The largest absolute Gasteiger partial charge is 0.391 e. The maximum atomic E-state index is 10.2. The van der Waals surface area contributed by atoms with Crippen molar-refractivity contribution in [3.05, 3.63) is 47.9 Å². The van der Waals surface area contributed by atoms with Crippen LogP contribution in [0.25, 0.3) is 21.4 Å². The fraction of sp³-hybridized carbons (Fsp3) is 0.400. The van der Waals surface area contributed by atoms with E-state index in [1.54, 1.807) is 37.7 Å². The number of benzene rings is 1. The summed E-state index contributed by atoms with van der Waals surface area (Å²) in [6.45, 7) is 3.95. The summed E-state index contributed by atoms with van der Waals surface area (Å²) in [5.74, 6) is 5.75. The molecule has 2 unspecified atom stereocenters. The maximum Gasteiger partial charge on any atom is 0.184 e. The summed E-state index contributed by atoms with van der Waals surface area (Å²) in [5.41, 5.74) is 3.34. The van der Waals surface area contributed by atoms with Crippen LogP contribution in [0.2, 0.25) is 0 Å². The number of rotatable bonds is 4. The molecule has 170 valence electrons. The number of fused-ring (bicyclic) bond motifs is 2. The van der Waals surface area contributed by atoms with Gasteiger partial charge in [0.1, 0.15) is 11.1 Å². The molecule has 33 heavy (non-hydrogen) atoms. The summed E-state index contributed by atoms with van der Waals surface area (Å²) in [4.78, 5) is 13.7. The van der Waals surface area contributed by atoms with Crippen molar-refractivity contribution >= 4 is 37.8 Å². The average molecular weight is 462 g/mol. The third-order valence-electron chi connectivity index (χ3n) is 5.81. The molecular weight excluding hydrogens is 434 g/mol. The summed E-state index contributed by atoms with van der Waals surface area (Å²) in [5, 5.41) is 24.3. The number of thiazole rings is 1. The number of aromatic nitrogens is 4. The van der Waals surface area contributed by atoms with Crippen LogP contribution in [0.1, 0.15) is 50.7 Å². The Morgan fingerprint density at radius 1 is 1.18 bits per heavy atom. The van der Waals surface area contributed by atoms with Gasteiger partial charge in [-0.25, -0.2) is 15.0 Å². The summed E-state index contributed by atoms with van der Waals surface area (Å²) < 4.78 is 3.13. The fourth-order valence-corrected chi connectivity index (χ4v) is 5.11. The topological polar surface area (TPSA) is 96.1 Å². The van der Waals surface area contributed by atoms with Crippen LogP contribution in [0.5, 0.6) is 0 Å². The molecule has 3 heterocycles. The van der Waals surface area contributed by atoms with Crippen LogP contribution in [0, 0.1) is 11.8 Å². The number of pyridine rings is 1. The van der Waals surface area contributed by atoms with Gasteiger partial charge in [0, 0.05) is 11.8 Å². The van der Waals surface area contributed by atoms with E-state index in [9.17, 15) is 10.2 Å². The zero-order valence-corrected chi connectivity index (χ0v) is 19.6. The Hall–Kier alpha value is -2.99. The summed E-state index contributed by atoms with van der Waals surface area (Å²) in [6.07, 6.45) is 7.27. The standard InChI is InChI=1S/C25H27N5O2S/c1-25(2,32)10-9-16-11-20-23(26-13-16)30(15-27-20)14-17-7-8-19-22(12-17)33-24(29-19)28-18-5-3-4-6-21(18)31/h7-8,11-13,15,18,21,31-32H,3-6,14H2,1-2H3,(H,28,29). The lowest BCUT2D eigenvalue weighted by Gasteiger charge is -2.27. The summed E-state index contributed by atoms with van der Waals surface area (Å²) >= 11 is 1.62. The molecule has 1 saturated carbocycles. The third kappa shape index (κ3) is 5.01. The van der Waals surface area contributed by atoms with Crippen molar-refractivity contribution in [2.45, 2.75) is 63.8 Å². The second kappa shape index (κ2) is 8.75. The van der Waals surface area contributed by atoms with Gasteiger partial charge in [0.2, 0.25) is 0 Å². The molecule has 0 aliphatic heterocycles. The SMILES string of the molecule is CC(C)(O)C#Cc1cnc2c(c1)ncn2Cc1ccc2nc(NC3CCCCC3O)sc2c1. The minimum atomic E-state index is -1.05. The molecule has 5 rings (SSSR count). The molecule has 2 atom stereocenters. The van der Waals surface area contributed by atoms with Crippen molar-refractivity contribution < 1.29 is 10.2 Å². The first-order chi connectivity index (χ1) is 15.8. The Labute approximate surface area is 196 Å². The van der Waals surface area contributed by atoms with Gasteiger partial charge in [0.25, 0.3) is 0 Å². The number of nitrogens with zero attached hydrogens (tertiary/aromatic N) is 4. The van der Waals surface area contributed by atoms with Gasteiger partial charge in [-0.15, -0.1) is 0 Å². The Balaban J connectivity index is 1.34. The number of hydrogen-bond donors (Lipinski definition) is 3. The van der Waals surface area contributed by atoms with E-state index in [1.165, 1.54) is 0 Å². The van der Waals surface area contributed by atoms with Gasteiger partial charge >= 0.3 is 0 Å². The van der Waals surface area contributed by atoms with Gasteiger partial charge in [-0.05, 0) is 50.5 Å². The second-order valence-electron chi connectivity index (χ2n) is 9.17. The highest BCUT2D eigenvalue weighted by atomic mass is 32.1. The van der Waals surface area contributed by atoms with Crippen LogP contribution in [0.4, 0.5) is 5.13 Å². The Morgan fingerprint density at radius 2 is 2.03 bits per heavy atom. The first kappa shape index (κ1) is 21.8. The van der Waals surface area contributed by atoms with Crippen LogP contribution in [0.15, 0.2) is 36.8 Å². The average Bonchev–Trinajstić information content (AvgIpc) is 3.36. The number of aliphatic hydroxyl groups is 2. The first-order valence-electron chi connectivity index (χ1n) is 11.2. The quantitative estimate of drug-likeness (QED) is 0.399. The molecular formula is C25H27N5O2S. The maximum absolute atomic E-state index is 10.2. The van der Waals surface area contributed by atoms with Crippen molar-refractivity contribution in [1.82, 2.24) is 19.5 Å². The van der Waals surface area contributed by atoms with Gasteiger partial charge in [-0.3, -0.25) is 0 Å². The lowest BCUT2D eigenvalue weighted by atomic mass is 9.93. The molecule has 1 aromatic carbocycles. The van der Waals surface area contributed by atoms with Crippen LogP contribution in [-0.2, 0) is 6.54 Å². The monoisotopic (exact) mass is 461 g/mol. The lowest BCUT2D eigenvalue weighted by molar-refractivity contribution is 0.116. The number of aliphatic hydroxyl groups excluding tert-OH is 1. The Morgan fingerprint density at radius 3 is 2.85 bits per heavy atom. The van der Waals surface area contributed by atoms with Gasteiger partial charge in [0.15, 0.2) is 10.8 Å². The van der Waals surface area contributed by atoms with Crippen molar-refractivity contribution in [3.8, 4) is 11.8 Å². The molecule has 3 aromatic heterocycles. The predicted molar refractivity (Wildman–Crippen MR) is 131 cm³/mol. The van der Waals surface area contributed by atoms with Crippen molar-refractivity contribution in [3.63, 3.8) is 0 Å². The summed E-state index contributed by atoms with van der Waals surface area (Å²) in [7, 11) is 0. The zero-order chi connectivity index (χ0) is 23.0. The zero-order valence-electron chi connectivity index (χ0n) is 18.7. The molecule has 3 N–H and O–H groups in total. The molecule has 1 aliphatic rings. The highest BCUT2D eigenvalue weighted by Crippen LogP contribution is 2.30. The molecule has 0 bridgehead atoms. The molecule has 1 aliphatic carbocycles. The Bertz CT molecular complexity index is 1360. The van der Waals surface area contributed by atoms with E-state index in [2.05, 4.69) is 39.3 Å². The number of nitrogens with one attached hydrogen (secondary N) is 1. The van der Waals surface area contributed by atoms with Gasteiger partial charge in [-0.2, -0.15) is 0 Å². The van der Waals surface area contributed by atoms with Crippen molar-refractivity contribution in [2.75, 3.05) is 5.32 Å². The molecule has 0 amide bonds. The summed E-state index contributed by atoms with van der Waals surface area (Å²) in [6, 6.07) is 8.25. The minimum absolute atomic E-state index is 0.0835. The van der Waals surface area contributed by atoms with Crippen LogP contribution >= 0.6 is 11.3 Å².